The monoisotopic (exact) mass is 393 g/mol. The Morgan fingerprint density at radius 2 is 2.18 bits per heavy atom. The molecule has 1 atom stereocenters. The molecule has 2 rings (SSSR count). The average Bonchev–Trinajstić information content (AvgIpc) is 2.47. The molecule has 0 aliphatic carbocycles. The Hall–Kier alpha value is -1.03. The van der Waals surface area contributed by atoms with Gasteiger partial charge in [0.1, 0.15) is 5.82 Å². The van der Waals surface area contributed by atoms with Gasteiger partial charge in [0.15, 0.2) is 0 Å². The van der Waals surface area contributed by atoms with Gasteiger partial charge in [-0.15, -0.1) is 0 Å². The van der Waals surface area contributed by atoms with Gasteiger partial charge in [0, 0.05) is 19.1 Å². The van der Waals surface area contributed by atoms with E-state index in [4.69, 9.17) is 5.14 Å². The maximum Gasteiger partial charge on any atom is 0.255 e. The number of amides is 1. The zero-order valence-corrected chi connectivity index (χ0v) is 14.4. The van der Waals surface area contributed by atoms with Crippen LogP contribution in [-0.4, -0.2) is 45.4 Å². The highest BCUT2D eigenvalue weighted by atomic mass is 79.9. The minimum absolute atomic E-state index is 0.00650. The third-order valence-electron chi connectivity index (χ3n) is 3.66. The van der Waals surface area contributed by atoms with Gasteiger partial charge in [0.25, 0.3) is 5.91 Å². The summed E-state index contributed by atoms with van der Waals surface area (Å²) in [5.41, 5.74) is -0.0409. The lowest BCUT2D eigenvalue weighted by atomic mass is 10.0. The van der Waals surface area contributed by atoms with Crippen LogP contribution in [0.25, 0.3) is 0 Å². The van der Waals surface area contributed by atoms with E-state index in [1.54, 1.807) is 4.90 Å². The predicted molar refractivity (Wildman–Crippen MR) is 83.5 cm³/mol. The Labute approximate surface area is 137 Å². The summed E-state index contributed by atoms with van der Waals surface area (Å²) in [7, 11) is -2.31. The molecule has 0 radical (unpaired) electrons. The molecule has 1 aliphatic rings. The van der Waals surface area contributed by atoms with Crippen molar-refractivity contribution in [2.45, 2.75) is 23.8 Å². The van der Waals surface area contributed by atoms with Gasteiger partial charge in [0.05, 0.1) is 14.9 Å². The van der Waals surface area contributed by atoms with Gasteiger partial charge < -0.3 is 10.2 Å². The molecule has 1 fully saturated rings. The fourth-order valence-electron chi connectivity index (χ4n) is 2.49. The molecule has 22 heavy (non-hydrogen) atoms. The molecule has 1 heterocycles. The second kappa shape index (κ2) is 6.61. The molecule has 1 aromatic rings. The summed E-state index contributed by atoms with van der Waals surface area (Å²) in [6, 6.07) is 1.98. The molecule has 6 nitrogen and oxygen atoms in total. The first-order chi connectivity index (χ1) is 10.2. The second-order valence-electron chi connectivity index (χ2n) is 5.19. The van der Waals surface area contributed by atoms with Crippen molar-refractivity contribution >= 4 is 31.9 Å². The Balaban J connectivity index is 2.40. The number of carbonyl (C=O) groups is 1. The lowest BCUT2D eigenvalue weighted by Gasteiger charge is -2.33. The van der Waals surface area contributed by atoms with Crippen LogP contribution in [-0.2, 0) is 10.0 Å². The third-order valence-corrected chi connectivity index (χ3v) is 5.71. The van der Waals surface area contributed by atoms with Crippen molar-refractivity contribution < 1.29 is 17.6 Å². The topological polar surface area (TPSA) is 92.5 Å². The SMILES string of the molecule is CN[C@H]1CCCN(C(=O)c2cc(F)cc(S(N)(=O)=O)c2Br)C1. The van der Waals surface area contributed by atoms with Gasteiger partial charge in [-0.3, -0.25) is 4.79 Å². The van der Waals surface area contributed by atoms with E-state index in [0.29, 0.717) is 13.1 Å². The summed E-state index contributed by atoms with van der Waals surface area (Å²) in [6.45, 7) is 1.04. The molecule has 122 valence electrons. The summed E-state index contributed by atoms with van der Waals surface area (Å²) >= 11 is 3.06. The number of hydrogen-bond acceptors (Lipinski definition) is 4. The van der Waals surface area contributed by atoms with Crippen molar-refractivity contribution in [3.8, 4) is 0 Å². The number of benzene rings is 1. The number of nitrogens with zero attached hydrogens (tertiary/aromatic N) is 1. The number of sulfonamides is 1. The molecule has 1 aliphatic heterocycles. The molecule has 1 amide bonds. The van der Waals surface area contributed by atoms with Gasteiger partial charge in [-0.05, 0) is 48.0 Å². The summed E-state index contributed by atoms with van der Waals surface area (Å²) in [6.07, 6.45) is 1.78. The molecule has 1 saturated heterocycles. The largest absolute Gasteiger partial charge is 0.337 e. The Kier molecular flexibility index (Phi) is 5.21. The van der Waals surface area contributed by atoms with Crippen LogP contribution in [0.4, 0.5) is 4.39 Å². The van der Waals surface area contributed by atoms with Crippen LogP contribution in [0, 0.1) is 5.82 Å². The zero-order valence-electron chi connectivity index (χ0n) is 12.0. The molecule has 0 spiro atoms. The van der Waals surface area contributed by atoms with Gasteiger partial charge >= 0.3 is 0 Å². The standard InChI is InChI=1S/C13H17BrFN3O3S/c1-17-9-3-2-4-18(7-9)13(19)10-5-8(15)6-11(12(10)14)22(16,20)21/h5-6,9,17H,2-4,7H2,1H3,(H2,16,20,21)/t9-/m0/s1. The Morgan fingerprint density at radius 1 is 1.50 bits per heavy atom. The van der Waals surface area contributed by atoms with E-state index in [-0.39, 0.29) is 16.1 Å². The minimum Gasteiger partial charge on any atom is -0.337 e. The van der Waals surface area contributed by atoms with Gasteiger partial charge in [-0.25, -0.2) is 17.9 Å². The number of piperidine rings is 1. The number of nitrogens with one attached hydrogen (secondary N) is 1. The van der Waals surface area contributed by atoms with Crippen molar-refractivity contribution in [2.24, 2.45) is 5.14 Å². The number of primary sulfonamides is 1. The first kappa shape index (κ1) is 17.3. The number of hydrogen-bond donors (Lipinski definition) is 2. The van der Waals surface area contributed by atoms with Crippen molar-refractivity contribution in [1.82, 2.24) is 10.2 Å². The van der Waals surface area contributed by atoms with Crippen molar-refractivity contribution in [3.05, 3.63) is 28.0 Å². The summed E-state index contributed by atoms with van der Waals surface area (Å²) in [5, 5.41) is 8.16. The van der Waals surface area contributed by atoms with Crippen LogP contribution >= 0.6 is 15.9 Å². The van der Waals surface area contributed by atoms with E-state index in [2.05, 4.69) is 21.2 Å². The second-order valence-corrected chi connectivity index (χ2v) is 7.51. The van der Waals surface area contributed by atoms with E-state index >= 15 is 0 Å². The molecule has 0 unspecified atom stereocenters. The molecule has 3 N–H and O–H groups in total. The zero-order chi connectivity index (χ0) is 16.5. The molecular weight excluding hydrogens is 377 g/mol. The number of likely N-dealkylation sites (tertiary alicyclic amines) is 1. The lowest BCUT2D eigenvalue weighted by Crippen LogP contribution is -2.47. The molecular formula is C13H17BrFN3O3S. The average molecular weight is 394 g/mol. The van der Waals surface area contributed by atoms with Gasteiger partial charge in [-0.1, -0.05) is 0 Å². The first-order valence-electron chi connectivity index (χ1n) is 6.72. The maximum absolute atomic E-state index is 13.7. The number of carbonyl (C=O) groups excluding carboxylic acids is 1. The molecule has 1 aromatic carbocycles. The predicted octanol–water partition coefficient (Wildman–Crippen LogP) is 1.06. The highest BCUT2D eigenvalue weighted by molar-refractivity contribution is 9.10. The van der Waals surface area contributed by atoms with Gasteiger partial charge in [0.2, 0.25) is 10.0 Å². The van der Waals surface area contributed by atoms with Crippen molar-refractivity contribution in [3.63, 3.8) is 0 Å². The van der Waals surface area contributed by atoms with Crippen LogP contribution in [0.15, 0.2) is 21.5 Å². The molecule has 9 heteroatoms. The van der Waals surface area contributed by atoms with E-state index in [9.17, 15) is 17.6 Å². The maximum atomic E-state index is 13.7. The quantitative estimate of drug-likeness (QED) is 0.802. The lowest BCUT2D eigenvalue weighted by molar-refractivity contribution is 0.0696. The number of nitrogens with two attached hydrogens (primary N) is 1. The number of likely N-dealkylation sites (N-methyl/N-ethyl adjacent to an activating group) is 1. The van der Waals surface area contributed by atoms with E-state index in [1.165, 1.54) is 0 Å². The van der Waals surface area contributed by atoms with Crippen molar-refractivity contribution in [1.29, 1.82) is 0 Å². The summed E-state index contributed by atoms with van der Waals surface area (Å²) < 4.78 is 36.7. The van der Waals surface area contributed by atoms with Crippen LogP contribution in [0.2, 0.25) is 0 Å². The fraction of sp³-hybridized carbons (Fsp3) is 0.462. The van der Waals surface area contributed by atoms with Crippen LogP contribution < -0.4 is 10.5 Å². The van der Waals surface area contributed by atoms with E-state index in [1.807, 2.05) is 7.05 Å². The molecule has 0 bridgehead atoms. The van der Waals surface area contributed by atoms with E-state index < -0.39 is 26.6 Å². The Bertz CT molecular complexity index is 696. The van der Waals surface area contributed by atoms with Crippen LogP contribution in [0.5, 0.6) is 0 Å². The van der Waals surface area contributed by atoms with Gasteiger partial charge in [-0.2, -0.15) is 0 Å². The third kappa shape index (κ3) is 3.65. The Morgan fingerprint density at radius 3 is 2.77 bits per heavy atom. The number of halogens is 2. The minimum atomic E-state index is -4.13. The highest BCUT2D eigenvalue weighted by Crippen LogP contribution is 2.28. The van der Waals surface area contributed by atoms with E-state index in [0.717, 1.165) is 25.0 Å². The highest BCUT2D eigenvalue weighted by Gasteiger charge is 2.27. The fourth-order valence-corrected chi connectivity index (χ4v) is 4.21. The van der Waals surface area contributed by atoms with Crippen LogP contribution in [0.3, 0.4) is 0 Å². The molecule has 0 aromatic heterocycles. The van der Waals surface area contributed by atoms with Crippen molar-refractivity contribution in [2.75, 3.05) is 20.1 Å². The number of rotatable bonds is 3. The normalized spacial score (nSPS) is 19.3. The first-order valence-corrected chi connectivity index (χ1v) is 9.06. The van der Waals surface area contributed by atoms with Crippen LogP contribution in [0.1, 0.15) is 23.2 Å². The smallest absolute Gasteiger partial charge is 0.255 e. The molecule has 0 saturated carbocycles. The summed E-state index contributed by atoms with van der Waals surface area (Å²) in [4.78, 5) is 13.7. The summed E-state index contributed by atoms with van der Waals surface area (Å²) in [5.74, 6) is -1.24.